The van der Waals surface area contributed by atoms with Gasteiger partial charge in [-0.15, -0.1) is 0 Å². The fraction of sp³-hybridized carbons (Fsp3) is 0.652. The quantitative estimate of drug-likeness (QED) is 0.634. The maximum absolute atomic E-state index is 12.7. The van der Waals surface area contributed by atoms with Crippen molar-refractivity contribution >= 4 is 33.6 Å². The van der Waals surface area contributed by atoms with Crippen LogP contribution in [0.2, 0.25) is 0 Å². The molecule has 7 nitrogen and oxygen atoms in total. The Morgan fingerprint density at radius 2 is 1.94 bits per heavy atom. The Morgan fingerprint density at radius 1 is 1.13 bits per heavy atom. The van der Waals surface area contributed by atoms with Gasteiger partial charge in [0, 0.05) is 69.1 Å². The van der Waals surface area contributed by atoms with Gasteiger partial charge in [-0.1, -0.05) is 22.0 Å². The minimum Gasteiger partial charge on any atom is -0.371 e. The van der Waals surface area contributed by atoms with Gasteiger partial charge in [0.05, 0.1) is 6.54 Å². The van der Waals surface area contributed by atoms with E-state index in [1.54, 1.807) is 0 Å². The molecule has 2 fully saturated rings. The normalized spacial score (nSPS) is 19.9. The molecular weight excluding hydrogens is 458 g/mol. The van der Waals surface area contributed by atoms with Crippen LogP contribution in [0.4, 0.5) is 10.5 Å². The molecule has 1 atom stereocenters. The van der Waals surface area contributed by atoms with Crippen molar-refractivity contribution < 1.29 is 9.59 Å². The average molecular weight is 494 g/mol. The standard InChI is InChI=1S/C23H36BrN5O2/c1-3-27(4-2)22(30)18-26-10-6-11-28(14-13-26)23(31)25-16-19-9-12-29(17-19)21-8-5-7-20(24)15-21/h5,7-8,15,19H,3-4,6,9-14,16-18H2,1-2H3,(H,25,31)/t19-/m1/s1. The molecule has 0 unspecified atom stereocenters. The molecular formula is C23H36BrN5O2. The van der Waals surface area contributed by atoms with Crippen molar-refractivity contribution in [3.8, 4) is 0 Å². The van der Waals surface area contributed by atoms with Crippen molar-refractivity contribution in [2.24, 2.45) is 5.92 Å². The molecule has 31 heavy (non-hydrogen) atoms. The number of anilines is 1. The molecule has 3 amide bonds. The first-order chi connectivity index (χ1) is 15.0. The van der Waals surface area contributed by atoms with Crippen LogP contribution in [0.25, 0.3) is 0 Å². The van der Waals surface area contributed by atoms with Crippen LogP contribution in [-0.4, -0.2) is 92.1 Å². The number of nitrogens with one attached hydrogen (secondary N) is 1. The molecule has 3 rings (SSSR count). The molecule has 0 radical (unpaired) electrons. The first-order valence-corrected chi connectivity index (χ1v) is 12.3. The van der Waals surface area contributed by atoms with E-state index in [0.717, 1.165) is 63.1 Å². The molecule has 2 heterocycles. The van der Waals surface area contributed by atoms with Crippen molar-refractivity contribution in [2.45, 2.75) is 26.7 Å². The third-order valence-corrected chi connectivity index (χ3v) is 6.85. The Morgan fingerprint density at radius 3 is 2.68 bits per heavy atom. The second kappa shape index (κ2) is 11.7. The molecule has 172 valence electrons. The summed E-state index contributed by atoms with van der Waals surface area (Å²) in [6.07, 6.45) is 1.99. The summed E-state index contributed by atoms with van der Waals surface area (Å²) in [6, 6.07) is 8.42. The largest absolute Gasteiger partial charge is 0.371 e. The summed E-state index contributed by atoms with van der Waals surface area (Å²) in [6.45, 7) is 11.7. The van der Waals surface area contributed by atoms with E-state index in [2.05, 4.69) is 49.2 Å². The van der Waals surface area contributed by atoms with E-state index in [4.69, 9.17) is 0 Å². The molecule has 2 saturated heterocycles. The predicted octanol–water partition coefficient (Wildman–Crippen LogP) is 2.86. The van der Waals surface area contributed by atoms with Gasteiger partial charge >= 0.3 is 6.03 Å². The zero-order valence-corrected chi connectivity index (χ0v) is 20.4. The zero-order chi connectivity index (χ0) is 22.2. The van der Waals surface area contributed by atoms with Gasteiger partial charge in [0.15, 0.2) is 0 Å². The highest BCUT2D eigenvalue weighted by Gasteiger charge is 2.25. The SMILES string of the molecule is CCN(CC)C(=O)CN1CCCN(C(=O)NC[C@H]2CCN(c3cccc(Br)c3)C2)CC1. The Hall–Kier alpha value is -1.80. The summed E-state index contributed by atoms with van der Waals surface area (Å²) in [5, 5.41) is 3.15. The maximum Gasteiger partial charge on any atom is 0.317 e. The number of nitrogens with zero attached hydrogens (tertiary/aromatic N) is 4. The second-order valence-electron chi connectivity index (χ2n) is 8.45. The zero-order valence-electron chi connectivity index (χ0n) is 18.9. The van der Waals surface area contributed by atoms with Crippen LogP contribution in [0.1, 0.15) is 26.7 Å². The predicted molar refractivity (Wildman–Crippen MR) is 128 cm³/mol. The van der Waals surface area contributed by atoms with E-state index in [1.165, 1.54) is 5.69 Å². The number of hydrogen-bond donors (Lipinski definition) is 1. The number of likely N-dealkylation sites (N-methyl/N-ethyl adjacent to an activating group) is 1. The summed E-state index contributed by atoms with van der Waals surface area (Å²) in [4.78, 5) is 33.5. The van der Waals surface area contributed by atoms with Crippen LogP contribution >= 0.6 is 15.9 Å². The molecule has 1 aromatic rings. The Labute approximate surface area is 194 Å². The van der Waals surface area contributed by atoms with Crippen LogP contribution in [-0.2, 0) is 4.79 Å². The van der Waals surface area contributed by atoms with Gasteiger partial charge in [0.1, 0.15) is 0 Å². The molecule has 0 aromatic heterocycles. The fourth-order valence-corrected chi connectivity index (χ4v) is 4.84. The van der Waals surface area contributed by atoms with Gasteiger partial charge in [-0.3, -0.25) is 9.69 Å². The lowest BCUT2D eigenvalue weighted by Gasteiger charge is -2.25. The lowest BCUT2D eigenvalue weighted by molar-refractivity contribution is -0.132. The third kappa shape index (κ3) is 6.84. The Balaban J connectivity index is 1.40. The summed E-state index contributed by atoms with van der Waals surface area (Å²) in [5.41, 5.74) is 1.23. The summed E-state index contributed by atoms with van der Waals surface area (Å²) in [7, 11) is 0. The van der Waals surface area contributed by atoms with E-state index in [1.807, 2.05) is 29.7 Å². The first-order valence-electron chi connectivity index (χ1n) is 11.5. The van der Waals surface area contributed by atoms with Crippen LogP contribution in [0.3, 0.4) is 0 Å². The van der Waals surface area contributed by atoms with Crippen LogP contribution in [0.5, 0.6) is 0 Å². The van der Waals surface area contributed by atoms with Crippen LogP contribution < -0.4 is 10.2 Å². The molecule has 1 aromatic carbocycles. The minimum absolute atomic E-state index is 0.0258. The van der Waals surface area contributed by atoms with Crippen molar-refractivity contribution in [1.29, 1.82) is 0 Å². The van der Waals surface area contributed by atoms with Gasteiger partial charge in [-0.25, -0.2) is 4.79 Å². The Kier molecular flexibility index (Phi) is 9.02. The second-order valence-corrected chi connectivity index (χ2v) is 9.37. The number of amides is 3. The molecule has 0 bridgehead atoms. The van der Waals surface area contributed by atoms with Crippen molar-refractivity contribution in [2.75, 3.05) is 70.3 Å². The van der Waals surface area contributed by atoms with E-state index in [-0.39, 0.29) is 11.9 Å². The van der Waals surface area contributed by atoms with Crippen molar-refractivity contribution in [3.05, 3.63) is 28.7 Å². The average Bonchev–Trinajstić information content (AvgIpc) is 3.12. The number of carbonyl (C=O) groups is 2. The minimum atomic E-state index is 0.0258. The van der Waals surface area contributed by atoms with E-state index >= 15 is 0 Å². The van der Waals surface area contributed by atoms with E-state index in [9.17, 15) is 9.59 Å². The lowest BCUT2D eigenvalue weighted by Crippen LogP contribution is -2.45. The molecule has 0 spiro atoms. The number of hydrogen-bond acceptors (Lipinski definition) is 4. The smallest absolute Gasteiger partial charge is 0.317 e. The highest BCUT2D eigenvalue weighted by molar-refractivity contribution is 9.10. The van der Waals surface area contributed by atoms with Gasteiger partial charge in [-0.05, 0) is 50.8 Å². The van der Waals surface area contributed by atoms with Gasteiger partial charge in [0.25, 0.3) is 0 Å². The van der Waals surface area contributed by atoms with Crippen LogP contribution in [0.15, 0.2) is 28.7 Å². The lowest BCUT2D eigenvalue weighted by atomic mass is 10.1. The van der Waals surface area contributed by atoms with E-state index < -0.39 is 0 Å². The van der Waals surface area contributed by atoms with E-state index in [0.29, 0.717) is 25.6 Å². The highest BCUT2D eigenvalue weighted by atomic mass is 79.9. The van der Waals surface area contributed by atoms with Crippen LogP contribution in [0, 0.1) is 5.92 Å². The molecule has 2 aliphatic rings. The summed E-state index contributed by atoms with van der Waals surface area (Å²) >= 11 is 3.54. The van der Waals surface area contributed by atoms with Gasteiger partial charge < -0.3 is 20.0 Å². The fourth-order valence-electron chi connectivity index (χ4n) is 4.45. The number of urea groups is 1. The summed E-state index contributed by atoms with van der Waals surface area (Å²) in [5.74, 6) is 0.650. The number of rotatable bonds is 7. The van der Waals surface area contributed by atoms with Crippen molar-refractivity contribution in [1.82, 2.24) is 20.0 Å². The number of halogens is 1. The maximum atomic E-state index is 12.7. The van der Waals surface area contributed by atoms with Crippen molar-refractivity contribution in [3.63, 3.8) is 0 Å². The third-order valence-electron chi connectivity index (χ3n) is 6.35. The topological polar surface area (TPSA) is 59.1 Å². The molecule has 2 aliphatic heterocycles. The molecule has 0 aliphatic carbocycles. The first kappa shape index (κ1) is 23.9. The monoisotopic (exact) mass is 493 g/mol. The van der Waals surface area contributed by atoms with Gasteiger partial charge in [0.2, 0.25) is 5.91 Å². The number of benzene rings is 1. The Bertz CT molecular complexity index is 742. The number of carbonyl (C=O) groups excluding carboxylic acids is 2. The van der Waals surface area contributed by atoms with Gasteiger partial charge in [-0.2, -0.15) is 0 Å². The highest BCUT2D eigenvalue weighted by Crippen LogP contribution is 2.26. The molecule has 8 heteroatoms. The molecule has 0 saturated carbocycles. The molecule has 1 N–H and O–H groups in total. The summed E-state index contributed by atoms with van der Waals surface area (Å²) < 4.78 is 1.09.